The van der Waals surface area contributed by atoms with E-state index in [0.717, 1.165) is 16.9 Å². The Morgan fingerprint density at radius 2 is 1.41 bits per heavy atom. The van der Waals surface area contributed by atoms with Gasteiger partial charge in [0.2, 0.25) is 0 Å². The fourth-order valence-electron chi connectivity index (χ4n) is 2.77. The standard InChI is InChI=1S/C23H21NO5/c1-15-4-6-17(7-5-15)23(27)29-20-13-12-19(14-21(20)28-3)24(2)18-10-8-16(9-11-18)22(25)26/h4-14H,1-3H3,(H,25,26). The fourth-order valence-corrected chi connectivity index (χ4v) is 2.77. The Bertz CT molecular complexity index is 1030. The van der Waals surface area contributed by atoms with Gasteiger partial charge in [0.1, 0.15) is 0 Å². The summed E-state index contributed by atoms with van der Waals surface area (Å²) in [5.74, 6) is -0.706. The van der Waals surface area contributed by atoms with Crippen molar-refractivity contribution in [3.63, 3.8) is 0 Å². The van der Waals surface area contributed by atoms with E-state index in [-0.39, 0.29) is 5.56 Å². The lowest BCUT2D eigenvalue weighted by molar-refractivity contribution is 0.0694. The molecule has 0 aliphatic heterocycles. The van der Waals surface area contributed by atoms with Crippen LogP contribution >= 0.6 is 0 Å². The van der Waals surface area contributed by atoms with Crippen molar-refractivity contribution in [3.8, 4) is 11.5 Å². The summed E-state index contributed by atoms with van der Waals surface area (Å²) in [7, 11) is 3.35. The lowest BCUT2D eigenvalue weighted by atomic mass is 10.1. The van der Waals surface area contributed by atoms with Crippen molar-refractivity contribution in [1.29, 1.82) is 0 Å². The minimum absolute atomic E-state index is 0.220. The molecule has 0 aliphatic rings. The summed E-state index contributed by atoms with van der Waals surface area (Å²) in [6.07, 6.45) is 0. The van der Waals surface area contributed by atoms with Crippen LogP contribution in [0.2, 0.25) is 0 Å². The number of hydrogen-bond donors (Lipinski definition) is 1. The maximum Gasteiger partial charge on any atom is 0.343 e. The van der Waals surface area contributed by atoms with Crippen LogP contribution in [0, 0.1) is 6.92 Å². The van der Waals surface area contributed by atoms with Gasteiger partial charge in [0.05, 0.1) is 18.2 Å². The van der Waals surface area contributed by atoms with Crippen LogP contribution < -0.4 is 14.4 Å². The molecule has 3 rings (SSSR count). The molecule has 3 aromatic carbocycles. The van der Waals surface area contributed by atoms with Crippen LogP contribution in [0.1, 0.15) is 26.3 Å². The van der Waals surface area contributed by atoms with Gasteiger partial charge < -0.3 is 19.5 Å². The SMILES string of the molecule is COc1cc(N(C)c2ccc(C(=O)O)cc2)ccc1OC(=O)c1ccc(C)cc1. The van der Waals surface area contributed by atoms with Crippen molar-refractivity contribution in [2.45, 2.75) is 6.92 Å². The van der Waals surface area contributed by atoms with Crippen LogP contribution in [0.25, 0.3) is 0 Å². The third kappa shape index (κ3) is 4.55. The third-order valence-electron chi connectivity index (χ3n) is 4.53. The number of aryl methyl sites for hydroxylation is 1. The van der Waals surface area contributed by atoms with Crippen molar-refractivity contribution >= 4 is 23.3 Å². The Labute approximate surface area is 168 Å². The lowest BCUT2D eigenvalue weighted by Gasteiger charge is -2.21. The first-order valence-corrected chi connectivity index (χ1v) is 8.93. The third-order valence-corrected chi connectivity index (χ3v) is 4.53. The van der Waals surface area contributed by atoms with Crippen molar-refractivity contribution in [2.24, 2.45) is 0 Å². The molecule has 0 amide bonds. The first kappa shape index (κ1) is 19.9. The first-order chi connectivity index (χ1) is 13.9. The Kier molecular flexibility index (Phi) is 5.83. The quantitative estimate of drug-likeness (QED) is 0.485. The second-order valence-corrected chi connectivity index (χ2v) is 6.50. The molecule has 6 heteroatoms. The van der Waals surface area contributed by atoms with Gasteiger partial charge in [0, 0.05) is 24.5 Å². The largest absolute Gasteiger partial charge is 0.493 e. The van der Waals surface area contributed by atoms with Gasteiger partial charge in [-0.1, -0.05) is 17.7 Å². The number of carbonyl (C=O) groups excluding carboxylic acids is 1. The van der Waals surface area contributed by atoms with Gasteiger partial charge in [-0.3, -0.25) is 0 Å². The van der Waals surface area contributed by atoms with Crippen molar-refractivity contribution < 1.29 is 24.2 Å². The summed E-state index contributed by atoms with van der Waals surface area (Å²) in [4.78, 5) is 25.3. The zero-order chi connectivity index (χ0) is 21.0. The Hall–Kier alpha value is -3.80. The highest BCUT2D eigenvalue weighted by Crippen LogP contribution is 2.34. The summed E-state index contributed by atoms with van der Waals surface area (Å²) in [5, 5.41) is 9.03. The molecule has 0 radical (unpaired) electrons. The van der Waals surface area contributed by atoms with Crippen molar-refractivity contribution in [1.82, 2.24) is 0 Å². The summed E-state index contributed by atoms with van der Waals surface area (Å²) in [5.41, 5.74) is 3.33. The zero-order valence-corrected chi connectivity index (χ0v) is 16.4. The zero-order valence-electron chi connectivity index (χ0n) is 16.4. The molecule has 0 bridgehead atoms. The maximum absolute atomic E-state index is 12.4. The highest BCUT2D eigenvalue weighted by molar-refractivity contribution is 5.91. The summed E-state index contributed by atoms with van der Waals surface area (Å²) in [6, 6.07) is 18.9. The number of carboxylic acids is 1. The van der Waals surface area contributed by atoms with Crippen LogP contribution in [-0.4, -0.2) is 31.2 Å². The monoisotopic (exact) mass is 391 g/mol. The van der Waals surface area contributed by atoms with Gasteiger partial charge in [-0.15, -0.1) is 0 Å². The molecule has 148 valence electrons. The highest BCUT2D eigenvalue weighted by Gasteiger charge is 2.15. The minimum atomic E-state index is -0.972. The lowest BCUT2D eigenvalue weighted by Crippen LogP contribution is -2.12. The number of ether oxygens (including phenoxy) is 2. The molecule has 0 saturated carbocycles. The van der Waals surface area contributed by atoms with E-state index in [9.17, 15) is 9.59 Å². The van der Waals surface area contributed by atoms with E-state index in [0.29, 0.717) is 17.1 Å². The number of anilines is 2. The van der Waals surface area contributed by atoms with Crippen LogP contribution in [-0.2, 0) is 0 Å². The molecule has 3 aromatic rings. The van der Waals surface area contributed by atoms with E-state index in [1.165, 1.54) is 7.11 Å². The molecule has 0 saturated heterocycles. The topological polar surface area (TPSA) is 76.1 Å². The average Bonchev–Trinajstić information content (AvgIpc) is 2.74. The van der Waals surface area contributed by atoms with E-state index >= 15 is 0 Å². The second kappa shape index (κ2) is 8.48. The second-order valence-electron chi connectivity index (χ2n) is 6.50. The molecule has 1 N–H and O–H groups in total. The number of benzene rings is 3. The number of aromatic carboxylic acids is 1. The molecule has 0 spiro atoms. The Balaban J connectivity index is 1.81. The van der Waals surface area contributed by atoms with Crippen molar-refractivity contribution in [3.05, 3.63) is 83.4 Å². The predicted molar refractivity (Wildman–Crippen MR) is 111 cm³/mol. The molecule has 0 unspecified atom stereocenters. The normalized spacial score (nSPS) is 10.3. The van der Waals surface area contributed by atoms with E-state index in [1.54, 1.807) is 54.6 Å². The number of methoxy groups -OCH3 is 1. The molecule has 0 atom stereocenters. The van der Waals surface area contributed by atoms with Gasteiger partial charge in [-0.05, 0) is 55.5 Å². The van der Waals surface area contributed by atoms with E-state index in [1.807, 2.05) is 31.0 Å². The molecule has 0 aliphatic carbocycles. The number of nitrogens with zero attached hydrogens (tertiary/aromatic N) is 1. The molecule has 0 heterocycles. The van der Waals surface area contributed by atoms with Gasteiger partial charge in [-0.2, -0.15) is 0 Å². The van der Waals surface area contributed by atoms with Crippen LogP contribution in [0.15, 0.2) is 66.7 Å². The molecular weight excluding hydrogens is 370 g/mol. The number of esters is 1. The molecular formula is C23H21NO5. The van der Waals surface area contributed by atoms with Gasteiger partial charge in [-0.25, -0.2) is 9.59 Å². The highest BCUT2D eigenvalue weighted by atomic mass is 16.6. The van der Waals surface area contributed by atoms with Crippen LogP contribution in [0.5, 0.6) is 11.5 Å². The van der Waals surface area contributed by atoms with E-state index < -0.39 is 11.9 Å². The fraction of sp³-hybridized carbons (Fsp3) is 0.130. The maximum atomic E-state index is 12.4. The molecule has 0 aromatic heterocycles. The predicted octanol–water partition coefficient (Wildman–Crippen LogP) is 4.69. The molecule has 29 heavy (non-hydrogen) atoms. The van der Waals surface area contributed by atoms with Crippen molar-refractivity contribution in [2.75, 3.05) is 19.1 Å². The number of carboxylic acid groups (broad SMARTS) is 1. The van der Waals surface area contributed by atoms with Gasteiger partial charge in [0.25, 0.3) is 0 Å². The number of rotatable bonds is 6. The average molecular weight is 391 g/mol. The summed E-state index contributed by atoms with van der Waals surface area (Å²) < 4.78 is 10.9. The molecule has 6 nitrogen and oxygen atoms in total. The number of carbonyl (C=O) groups is 2. The Morgan fingerprint density at radius 3 is 2.00 bits per heavy atom. The molecule has 0 fully saturated rings. The van der Waals surface area contributed by atoms with Crippen LogP contribution in [0.4, 0.5) is 11.4 Å². The number of hydrogen-bond acceptors (Lipinski definition) is 5. The summed E-state index contributed by atoms with van der Waals surface area (Å²) in [6.45, 7) is 1.95. The smallest absolute Gasteiger partial charge is 0.343 e. The van der Waals surface area contributed by atoms with E-state index in [4.69, 9.17) is 14.6 Å². The first-order valence-electron chi connectivity index (χ1n) is 8.93. The van der Waals surface area contributed by atoms with Gasteiger partial charge >= 0.3 is 11.9 Å². The van der Waals surface area contributed by atoms with E-state index in [2.05, 4.69) is 0 Å². The summed E-state index contributed by atoms with van der Waals surface area (Å²) >= 11 is 0. The minimum Gasteiger partial charge on any atom is -0.493 e. The Morgan fingerprint density at radius 1 is 0.828 bits per heavy atom. The van der Waals surface area contributed by atoms with Crippen LogP contribution in [0.3, 0.4) is 0 Å². The van der Waals surface area contributed by atoms with Gasteiger partial charge in [0.15, 0.2) is 11.5 Å².